The maximum atomic E-state index is 12.1. The van der Waals surface area contributed by atoms with Crippen LogP contribution in [-0.4, -0.2) is 48.2 Å². The molecular formula is C15H22N2O2. The minimum atomic E-state index is -0.442. The number of aliphatic hydroxyl groups excluding tert-OH is 1. The molecule has 0 unspecified atom stereocenters. The van der Waals surface area contributed by atoms with Gasteiger partial charge in [-0.3, -0.25) is 4.79 Å². The molecule has 0 saturated carbocycles. The Balaban J connectivity index is 1.75. The standard InChI is InChI=1S/C15H22N2O2/c1-17(13-10-16-11-14(13)18)15(19)9-5-8-12-6-3-2-4-7-12/h2-4,6-7,13-14,16,18H,5,8-11H2,1H3/t13-,14-/m1/s1. The van der Waals surface area contributed by atoms with E-state index in [-0.39, 0.29) is 11.9 Å². The summed E-state index contributed by atoms with van der Waals surface area (Å²) in [5.74, 6) is 0.115. The highest BCUT2D eigenvalue weighted by atomic mass is 16.3. The quantitative estimate of drug-likeness (QED) is 0.825. The van der Waals surface area contributed by atoms with E-state index < -0.39 is 6.10 Å². The summed E-state index contributed by atoms with van der Waals surface area (Å²) in [6.45, 7) is 1.26. The lowest BCUT2D eigenvalue weighted by Crippen LogP contribution is -2.44. The van der Waals surface area contributed by atoms with Crippen molar-refractivity contribution in [3.63, 3.8) is 0 Å². The SMILES string of the molecule is CN(C(=O)CCCc1ccccc1)[C@@H]1CNC[C@H]1O. The van der Waals surface area contributed by atoms with E-state index in [9.17, 15) is 9.90 Å². The van der Waals surface area contributed by atoms with Gasteiger partial charge in [0, 0.05) is 26.6 Å². The molecule has 1 amide bonds. The summed E-state index contributed by atoms with van der Waals surface area (Å²) in [6.07, 6.45) is 1.87. The third-order valence-corrected chi connectivity index (χ3v) is 3.74. The van der Waals surface area contributed by atoms with Crippen LogP contribution in [0.4, 0.5) is 0 Å². The molecule has 4 nitrogen and oxygen atoms in total. The zero-order chi connectivity index (χ0) is 13.7. The smallest absolute Gasteiger partial charge is 0.222 e. The van der Waals surface area contributed by atoms with Crippen LogP contribution in [0.1, 0.15) is 18.4 Å². The van der Waals surface area contributed by atoms with Gasteiger partial charge in [0.05, 0.1) is 12.1 Å². The Morgan fingerprint density at radius 3 is 2.74 bits per heavy atom. The molecule has 1 aromatic carbocycles. The van der Waals surface area contributed by atoms with Gasteiger partial charge in [0.15, 0.2) is 0 Å². The highest BCUT2D eigenvalue weighted by Gasteiger charge is 2.30. The molecule has 1 saturated heterocycles. The van der Waals surface area contributed by atoms with Gasteiger partial charge in [0.2, 0.25) is 5.91 Å². The molecule has 2 N–H and O–H groups in total. The van der Waals surface area contributed by atoms with Crippen molar-refractivity contribution in [2.24, 2.45) is 0 Å². The molecule has 0 aliphatic carbocycles. The number of β-amino-alcohol motifs (C(OH)–C–C–N with tert-alkyl or cyclic N) is 1. The van der Waals surface area contributed by atoms with Crippen LogP contribution in [0.2, 0.25) is 0 Å². The van der Waals surface area contributed by atoms with Crippen molar-refractivity contribution in [2.45, 2.75) is 31.4 Å². The van der Waals surface area contributed by atoms with Crippen molar-refractivity contribution >= 4 is 5.91 Å². The minimum absolute atomic E-state index is 0.0794. The van der Waals surface area contributed by atoms with Crippen LogP contribution in [0, 0.1) is 0 Å². The molecule has 0 spiro atoms. The number of amides is 1. The summed E-state index contributed by atoms with van der Waals surface area (Å²) >= 11 is 0. The zero-order valence-corrected chi connectivity index (χ0v) is 11.4. The van der Waals surface area contributed by atoms with Gasteiger partial charge in [-0.1, -0.05) is 30.3 Å². The fraction of sp³-hybridized carbons (Fsp3) is 0.533. The number of nitrogens with one attached hydrogen (secondary N) is 1. The van der Waals surface area contributed by atoms with Crippen LogP contribution in [-0.2, 0) is 11.2 Å². The molecule has 2 atom stereocenters. The highest BCUT2D eigenvalue weighted by molar-refractivity contribution is 5.76. The highest BCUT2D eigenvalue weighted by Crippen LogP contribution is 2.11. The molecule has 0 aromatic heterocycles. The van der Waals surface area contributed by atoms with E-state index in [1.807, 2.05) is 18.2 Å². The Bertz CT molecular complexity index is 408. The minimum Gasteiger partial charge on any atom is -0.390 e. The molecule has 1 aromatic rings. The number of rotatable bonds is 5. The summed E-state index contributed by atoms with van der Waals surface area (Å²) < 4.78 is 0. The van der Waals surface area contributed by atoms with Crippen molar-refractivity contribution < 1.29 is 9.90 Å². The molecule has 2 rings (SSSR count). The van der Waals surface area contributed by atoms with Crippen molar-refractivity contribution in [1.29, 1.82) is 0 Å². The van der Waals surface area contributed by atoms with E-state index >= 15 is 0 Å². The van der Waals surface area contributed by atoms with Crippen LogP contribution in [0.5, 0.6) is 0 Å². The number of hydrogen-bond donors (Lipinski definition) is 2. The first-order chi connectivity index (χ1) is 9.18. The van der Waals surface area contributed by atoms with Gasteiger partial charge in [-0.2, -0.15) is 0 Å². The first-order valence-electron chi connectivity index (χ1n) is 6.87. The van der Waals surface area contributed by atoms with Crippen LogP contribution in [0.15, 0.2) is 30.3 Å². The summed E-state index contributed by atoms with van der Waals surface area (Å²) in [6, 6.07) is 10.1. The van der Waals surface area contributed by atoms with Gasteiger partial charge in [0.1, 0.15) is 0 Å². The molecule has 4 heteroatoms. The Kier molecular flexibility index (Phi) is 4.93. The monoisotopic (exact) mass is 262 g/mol. The van der Waals surface area contributed by atoms with Crippen LogP contribution in [0.3, 0.4) is 0 Å². The topological polar surface area (TPSA) is 52.6 Å². The molecular weight excluding hydrogens is 240 g/mol. The largest absolute Gasteiger partial charge is 0.390 e. The summed E-state index contributed by atoms with van der Waals surface area (Å²) in [5.41, 5.74) is 1.26. The second-order valence-corrected chi connectivity index (χ2v) is 5.14. The second-order valence-electron chi connectivity index (χ2n) is 5.14. The van der Waals surface area contributed by atoms with Gasteiger partial charge in [-0.25, -0.2) is 0 Å². The number of benzene rings is 1. The van der Waals surface area contributed by atoms with E-state index in [4.69, 9.17) is 0 Å². The molecule has 104 valence electrons. The summed E-state index contributed by atoms with van der Waals surface area (Å²) in [5, 5.41) is 12.9. The average molecular weight is 262 g/mol. The Labute approximate surface area is 114 Å². The second kappa shape index (κ2) is 6.68. The Hall–Kier alpha value is -1.39. The number of nitrogens with zero attached hydrogens (tertiary/aromatic N) is 1. The van der Waals surface area contributed by atoms with Gasteiger partial charge in [0.25, 0.3) is 0 Å². The molecule has 0 bridgehead atoms. The first-order valence-corrected chi connectivity index (χ1v) is 6.87. The molecule has 1 heterocycles. The fourth-order valence-corrected chi connectivity index (χ4v) is 2.50. The van der Waals surface area contributed by atoms with Crippen molar-refractivity contribution in [3.05, 3.63) is 35.9 Å². The van der Waals surface area contributed by atoms with Crippen molar-refractivity contribution in [3.8, 4) is 0 Å². The average Bonchev–Trinajstić information content (AvgIpc) is 2.85. The summed E-state index contributed by atoms with van der Waals surface area (Å²) in [7, 11) is 1.78. The van der Waals surface area contributed by atoms with Crippen LogP contribution >= 0.6 is 0 Å². The lowest BCUT2D eigenvalue weighted by Gasteiger charge is -2.26. The van der Waals surface area contributed by atoms with Crippen molar-refractivity contribution in [2.75, 3.05) is 20.1 Å². The number of carbonyl (C=O) groups excluding carboxylic acids is 1. The van der Waals surface area contributed by atoms with E-state index in [0.29, 0.717) is 19.5 Å². The summed E-state index contributed by atoms with van der Waals surface area (Å²) in [4.78, 5) is 13.7. The number of aliphatic hydroxyl groups is 1. The number of aryl methyl sites for hydroxylation is 1. The predicted octanol–water partition coefficient (Wildman–Crippen LogP) is 0.800. The van der Waals surface area contributed by atoms with Crippen molar-refractivity contribution in [1.82, 2.24) is 10.2 Å². The van der Waals surface area contributed by atoms with Crippen LogP contribution in [0.25, 0.3) is 0 Å². The van der Waals surface area contributed by atoms with Gasteiger partial charge in [-0.05, 0) is 18.4 Å². The van der Waals surface area contributed by atoms with Gasteiger partial charge in [-0.15, -0.1) is 0 Å². The van der Waals surface area contributed by atoms with E-state index in [1.165, 1.54) is 5.56 Å². The lowest BCUT2D eigenvalue weighted by molar-refractivity contribution is -0.133. The van der Waals surface area contributed by atoms with E-state index in [1.54, 1.807) is 11.9 Å². The van der Waals surface area contributed by atoms with Gasteiger partial charge < -0.3 is 15.3 Å². The molecule has 1 aliphatic heterocycles. The maximum absolute atomic E-state index is 12.1. The number of likely N-dealkylation sites (N-methyl/N-ethyl adjacent to an activating group) is 1. The van der Waals surface area contributed by atoms with E-state index in [0.717, 1.165) is 12.8 Å². The fourth-order valence-electron chi connectivity index (χ4n) is 2.50. The third-order valence-electron chi connectivity index (χ3n) is 3.74. The zero-order valence-electron chi connectivity index (χ0n) is 11.4. The number of hydrogen-bond acceptors (Lipinski definition) is 3. The molecule has 1 fully saturated rings. The van der Waals surface area contributed by atoms with Crippen LogP contribution < -0.4 is 5.32 Å². The van der Waals surface area contributed by atoms with Gasteiger partial charge >= 0.3 is 0 Å². The third kappa shape index (κ3) is 3.78. The molecule has 0 radical (unpaired) electrons. The Morgan fingerprint density at radius 1 is 1.37 bits per heavy atom. The number of carbonyl (C=O) groups is 1. The maximum Gasteiger partial charge on any atom is 0.222 e. The first kappa shape index (κ1) is 14.0. The lowest BCUT2D eigenvalue weighted by atomic mass is 10.1. The predicted molar refractivity (Wildman–Crippen MR) is 74.8 cm³/mol. The Morgan fingerprint density at radius 2 is 2.11 bits per heavy atom. The molecule has 1 aliphatic rings. The molecule has 19 heavy (non-hydrogen) atoms. The van der Waals surface area contributed by atoms with E-state index in [2.05, 4.69) is 17.4 Å². The normalized spacial score (nSPS) is 22.4.